The summed E-state index contributed by atoms with van der Waals surface area (Å²) in [6.45, 7) is 2.97. The Kier molecular flexibility index (Phi) is 5.40. The van der Waals surface area contributed by atoms with Gasteiger partial charge in [0.05, 0.1) is 11.8 Å². The molecule has 0 spiro atoms. The number of thiazole rings is 1. The van der Waals surface area contributed by atoms with Gasteiger partial charge < -0.3 is 10.6 Å². The predicted octanol–water partition coefficient (Wildman–Crippen LogP) is 3.09. The summed E-state index contributed by atoms with van der Waals surface area (Å²) in [6.07, 6.45) is 9.78. The third-order valence-corrected chi connectivity index (χ3v) is 7.28. The first-order chi connectivity index (χ1) is 14.7. The van der Waals surface area contributed by atoms with Crippen molar-refractivity contribution in [3.8, 4) is 6.07 Å². The van der Waals surface area contributed by atoms with Crippen LogP contribution in [-0.2, 0) is 6.42 Å². The van der Waals surface area contributed by atoms with E-state index in [0.717, 1.165) is 48.0 Å². The van der Waals surface area contributed by atoms with Crippen molar-refractivity contribution in [2.45, 2.75) is 69.7 Å². The maximum atomic E-state index is 8.96. The van der Waals surface area contributed by atoms with E-state index in [1.54, 1.807) is 11.3 Å². The number of aliphatic imine (C=N–C) groups is 1. The number of nitrogens with one attached hydrogen (secondary N) is 2. The van der Waals surface area contributed by atoms with Crippen LogP contribution in [0.3, 0.4) is 0 Å². The van der Waals surface area contributed by atoms with Gasteiger partial charge in [-0.3, -0.25) is 9.88 Å². The molecule has 3 aliphatic heterocycles. The van der Waals surface area contributed by atoms with Gasteiger partial charge in [-0.05, 0) is 44.7 Å². The van der Waals surface area contributed by atoms with Gasteiger partial charge in [0.1, 0.15) is 12.0 Å². The van der Waals surface area contributed by atoms with Crippen LogP contribution in [0.5, 0.6) is 0 Å². The summed E-state index contributed by atoms with van der Waals surface area (Å²) in [5.41, 5.74) is 2.19. The number of rotatable bonds is 5. The molecule has 3 unspecified atom stereocenters. The summed E-state index contributed by atoms with van der Waals surface area (Å²) in [5, 5.41) is 17.1. The van der Waals surface area contributed by atoms with Gasteiger partial charge in [-0.15, -0.1) is 11.3 Å². The molecule has 7 nitrogen and oxygen atoms in total. The number of nitrogens with zero attached hydrogens (tertiary/aromatic N) is 5. The monoisotopic (exact) mass is 421 g/mol. The number of nitriles is 1. The molecule has 3 atom stereocenters. The molecule has 5 heterocycles. The molecule has 2 bridgehead atoms. The highest BCUT2D eigenvalue weighted by Crippen LogP contribution is 2.36. The summed E-state index contributed by atoms with van der Waals surface area (Å²) >= 11 is 1.65. The second kappa shape index (κ2) is 8.32. The molecular formula is C22H27N7S. The van der Waals surface area contributed by atoms with Gasteiger partial charge in [-0.1, -0.05) is 0 Å². The Labute approximate surface area is 181 Å². The topological polar surface area (TPSA) is 89.2 Å². The summed E-state index contributed by atoms with van der Waals surface area (Å²) in [7, 11) is 0. The zero-order chi connectivity index (χ0) is 20.5. The van der Waals surface area contributed by atoms with Crippen LogP contribution in [0, 0.1) is 18.3 Å². The molecule has 2 aromatic heterocycles. The van der Waals surface area contributed by atoms with E-state index < -0.39 is 0 Å². The maximum absolute atomic E-state index is 8.96. The van der Waals surface area contributed by atoms with Gasteiger partial charge in [0.25, 0.3) is 0 Å². The lowest BCUT2D eigenvalue weighted by atomic mass is 9.96. The molecule has 8 heteroatoms. The Bertz CT molecular complexity index is 964. The molecule has 156 valence electrons. The average Bonchev–Trinajstić information content (AvgIpc) is 3.25. The fraction of sp³-hybridized carbons (Fsp3) is 0.545. The molecule has 0 amide bonds. The van der Waals surface area contributed by atoms with E-state index in [0.29, 0.717) is 24.5 Å². The molecule has 3 aliphatic rings. The summed E-state index contributed by atoms with van der Waals surface area (Å²) < 4.78 is 0. The minimum absolute atomic E-state index is 0.0621. The number of fused-ring (bicyclic) bond motifs is 3. The first kappa shape index (κ1) is 19.5. The third-order valence-electron chi connectivity index (χ3n) is 6.44. The number of hydrogen-bond acceptors (Lipinski definition) is 8. The summed E-state index contributed by atoms with van der Waals surface area (Å²) in [5.74, 6) is 0.949. The first-order valence-electron chi connectivity index (χ1n) is 10.8. The van der Waals surface area contributed by atoms with Gasteiger partial charge in [0.15, 0.2) is 5.13 Å². The van der Waals surface area contributed by atoms with Crippen LogP contribution in [-0.4, -0.2) is 51.5 Å². The molecular weight excluding hydrogens is 394 g/mol. The van der Waals surface area contributed by atoms with Crippen molar-refractivity contribution in [1.82, 2.24) is 20.2 Å². The van der Waals surface area contributed by atoms with Crippen molar-refractivity contribution in [2.24, 2.45) is 4.99 Å². The van der Waals surface area contributed by atoms with Crippen molar-refractivity contribution in [3.05, 3.63) is 40.7 Å². The number of amidine groups is 1. The lowest BCUT2D eigenvalue weighted by Crippen LogP contribution is -2.51. The number of aromatic nitrogens is 2. The number of hydrogen-bond donors (Lipinski definition) is 2. The zero-order valence-corrected chi connectivity index (χ0v) is 18.0. The highest BCUT2D eigenvalue weighted by atomic mass is 32.1. The highest BCUT2D eigenvalue weighted by Gasteiger charge is 2.40. The van der Waals surface area contributed by atoms with Crippen molar-refractivity contribution >= 4 is 22.3 Å². The van der Waals surface area contributed by atoms with Crippen LogP contribution in [0.25, 0.3) is 0 Å². The second-order valence-corrected chi connectivity index (χ2v) is 9.69. The number of anilines is 1. The molecule has 0 saturated carbocycles. The molecule has 30 heavy (non-hydrogen) atoms. The first-order valence-corrected chi connectivity index (χ1v) is 11.6. The second-order valence-electron chi connectivity index (χ2n) is 8.46. The van der Waals surface area contributed by atoms with Crippen LogP contribution in [0.4, 0.5) is 5.13 Å². The smallest absolute Gasteiger partial charge is 0.184 e. The van der Waals surface area contributed by atoms with Crippen molar-refractivity contribution in [3.63, 3.8) is 0 Å². The van der Waals surface area contributed by atoms with E-state index in [2.05, 4.69) is 44.6 Å². The Balaban J connectivity index is 1.32. The van der Waals surface area contributed by atoms with Crippen molar-refractivity contribution in [1.29, 1.82) is 5.26 Å². The average molecular weight is 422 g/mol. The van der Waals surface area contributed by atoms with E-state index in [-0.39, 0.29) is 6.17 Å². The Morgan fingerprint density at radius 2 is 2.07 bits per heavy atom. The largest absolute Gasteiger partial charge is 0.367 e. The third kappa shape index (κ3) is 3.92. The van der Waals surface area contributed by atoms with Crippen LogP contribution in [0.15, 0.2) is 29.5 Å². The lowest BCUT2D eigenvalue weighted by molar-refractivity contribution is 0.125. The SMILES string of the molecule is Cc1cnc(NC2Cc3ncccc3C(NC3CC4CCC(C3)N4CCC#N)=N2)s1. The van der Waals surface area contributed by atoms with E-state index in [1.165, 1.54) is 17.7 Å². The van der Waals surface area contributed by atoms with E-state index >= 15 is 0 Å². The standard InChI is InChI=1S/C22H27N7S/c1-14-13-25-22(30-14)28-20-12-19-18(4-2-8-24-19)21(27-20)26-15-10-16-5-6-17(11-15)29(16)9-3-7-23/h2,4,8,13,15-17,20H,3,5-6,9-12H2,1H3,(H,25,28)(H,26,27). The van der Waals surface area contributed by atoms with E-state index in [9.17, 15) is 0 Å². The normalized spacial score (nSPS) is 27.8. The Morgan fingerprint density at radius 3 is 2.80 bits per heavy atom. The van der Waals surface area contributed by atoms with Crippen molar-refractivity contribution < 1.29 is 0 Å². The van der Waals surface area contributed by atoms with Crippen LogP contribution < -0.4 is 10.6 Å². The molecule has 2 aromatic rings. The van der Waals surface area contributed by atoms with Crippen molar-refractivity contribution in [2.75, 3.05) is 11.9 Å². The molecule has 0 aliphatic carbocycles. The maximum Gasteiger partial charge on any atom is 0.184 e. The Hall–Kier alpha value is -2.50. The number of aryl methyl sites for hydroxylation is 1. The Morgan fingerprint density at radius 1 is 1.23 bits per heavy atom. The quantitative estimate of drug-likeness (QED) is 0.771. The van der Waals surface area contributed by atoms with Crippen LogP contribution >= 0.6 is 11.3 Å². The summed E-state index contributed by atoms with van der Waals surface area (Å²) in [4.78, 5) is 17.8. The minimum Gasteiger partial charge on any atom is -0.367 e. The molecule has 2 fully saturated rings. The predicted molar refractivity (Wildman–Crippen MR) is 119 cm³/mol. The van der Waals surface area contributed by atoms with Gasteiger partial charge in [-0.2, -0.15) is 5.26 Å². The fourth-order valence-electron chi connectivity index (χ4n) is 5.16. The molecule has 0 aromatic carbocycles. The highest BCUT2D eigenvalue weighted by molar-refractivity contribution is 7.15. The summed E-state index contributed by atoms with van der Waals surface area (Å²) in [6, 6.07) is 7.99. The molecule has 5 rings (SSSR count). The van der Waals surface area contributed by atoms with Gasteiger partial charge in [0, 0.05) is 60.3 Å². The van der Waals surface area contributed by atoms with E-state index in [1.807, 2.05) is 18.5 Å². The van der Waals surface area contributed by atoms with E-state index in [4.69, 9.17) is 10.3 Å². The van der Waals surface area contributed by atoms with Crippen LogP contribution in [0.2, 0.25) is 0 Å². The number of pyridine rings is 1. The molecule has 2 saturated heterocycles. The zero-order valence-electron chi connectivity index (χ0n) is 17.2. The van der Waals surface area contributed by atoms with Gasteiger partial charge in [-0.25, -0.2) is 9.98 Å². The lowest BCUT2D eigenvalue weighted by Gasteiger charge is -2.39. The number of piperidine rings is 1. The van der Waals surface area contributed by atoms with Gasteiger partial charge >= 0.3 is 0 Å². The fourth-order valence-corrected chi connectivity index (χ4v) is 5.87. The van der Waals surface area contributed by atoms with Crippen LogP contribution in [0.1, 0.15) is 48.2 Å². The minimum atomic E-state index is -0.0621. The molecule has 2 N–H and O–H groups in total. The molecule has 0 radical (unpaired) electrons. The van der Waals surface area contributed by atoms with Gasteiger partial charge in [0.2, 0.25) is 0 Å².